The van der Waals surface area contributed by atoms with Gasteiger partial charge >= 0.3 is 0 Å². The predicted octanol–water partition coefficient (Wildman–Crippen LogP) is 2.67. The van der Waals surface area contributed by atoms with E-state index in [2.05, 4.69) is 27.5 Å². The quantitative estimate of drug-likeness (QED) is 0.330. The highest BCUT2D eigenvalue weighted by Crippen LogP contribution is 2.45. The summed E-state index contributed by atoms with van der Waals surface area (Å²) >= 11 is 0. The van der Waals surface area contributed by atoms with Crippen molar-refractivity contribution in [1.29, 1.82) is 0 Å². The van der Waals surface area contributed by atoms with Crippen molar-refractivity contribution >= 4 is 61.3 Å². The van der Waals surface area contributed by atoms with Crippen LogP contribution in [0.1, 0.15) is 40.1 Å². The van der Waals surface area contributed by atoms with Crippen molar-refractivity contribution in [2.45, 2.75) is 39.0 Å². The average Bonchev–Trinajstić information content (AvgIpc) is 3.43. The van der Waals surface area contributed by atoms with Crippen LogP contribution in [0.3, 0.4) is 0 Å². The van der Waals surface area contributed by atoms with Crippen molar-refractivity contribution < 1.29 is 20.1 Å². The number of H-pyrrole nitrogens is 1. The van der Waals surface area contributed by atoms with E-state index in [1.807, 2.05) is 54.3 Å². The predicted molar refractivity (Wildman–Crippen MR) is 133 cm³/mol. The second kappa shape index (κ2) is 6.70. The molecule has 0 saturated carbocycles. The van der Waals surface area contributed by atoms with E-state index in [1.165, 1.54) is 0 Å². The van der Waals surface area contributed by atoms with Gasteiger partial charge in [-0.1, -0.05) is 36.4 Å². The van der Waals surface area contributed by atoms with E-state index in [0.29, 0.717) is 24.2 Å². The van der Waals surface area contributed by atoms with Crippen LogP contribution in [0.5, 0.6) is 0 Å². The molecule has 3 aromatic carbocycles. The SMILES string of the molecule is CC1Cn2c3c(cccc3c3c4c(c5c6ccccc6[nH]c5c32)C(=O)NC4=O)CN1C(=O)[C@H](C)[NH3+]. The molecule has 2 aromatic heterocycles. The largest absolute Gasteiger partial charge is 0.353 e. The number of hydrogen-bond acceptors (Lipinski definition) is 3. The molecule has 8 heteroatoms. The van der Waals surface area contributed by atoms with Crippen LogP contribution in [0.2, 0.25) is 0 Å². The van der Waals surface area contributed by atoms with Gasteiger partial charge in [-0.3, -0.25) is 19.7 Å². The highest BCUT2D eigenvalue weighted by Gasteiger charge is 2.37. The maximum atomic E-state index is 13.2. The molecular formula is C27H24N5O3+. The van der Waals surface area contributed by atoms with Gasteiger partial charge in [-0.2, -0.15) is 0 Å². The molecule has 0 fully saturated rings. The van der Waals surface area contributed by atoms with Gasteiger partial charge in [0.25, 0.3) is 17.7 Å². The standard InChI is InChI=1S/C27H23N5O3/c1-12-10-32-23-14(11-31(12)27(35)13(2)28)6-5-8-16(23)19-21-20(25(33)30-26(21)34)18-15-7-3-4-9-17(15)29-22(18)24(19)32/h3-9,12-13,29H,10-11,28H2,1-2H3,(H,30,33,34)/p+1/t12?,13-/m0/s1. The summed E-state index contributed by atoms with van der Waals surface area (Å²) in [6, 6.07) is 13.4. The van der Waals surface area contributed by atoms with Crippen LogP contribution in [0.25, 0.3) is 43.6 Å². The number of hydrogen-bond donors (Lipinski definition) is 3. The number of rotatable bonds is 1. The normalized spacial score (nSPS) is 18.5. The van der Waals surface area contributed by atoms with Crippen molar-refractivity contribution in [3.8, 4) is 0 Å². The Kier molecular flexibility index (Phi) is 3.87. The molecule has 8 nitrogen and oxygen atoms in total. The van der Waals surface area contributed by atoms with Crippen molar-refractivity contribution in [3.05, 3.63) is 59.2 Å². The third kappa shape index (κ3) is 2.46. The molecule has 5 aromatic rings. The minimum Gasteiger partial charge on any atom is -0.353 e. The number of aromatic nitrogens is 2. The molecule has 4 heterocycles. The summed E-state index contributed by atoms with van der Waals surface area (Å²) in [5.74, 6) is -0.703. The number of benzene rings is 3. The summed E-state index contributed by atoms with van der Waals surface area (Å²) in [7, 11) is 0. The van der Waals surface area contributed by atoms with Crippen LogP contribution in [-0.4, -0.2) is 44.3 Å². The first kappa shape index (κ1) is 20.2. The second-order valence-corrected chi connectivity index (χ2v) is 9.82. The third-order valence-electron chi connectivity index (χ3n) is 7.56. The molecule has 5 N–H and O–H groups in total. The van der Waals surface area contributed by atoms with Crippen molar-refractivity contribution in [1.82, 2.24) is 19.8 Å². The van der Waals surface area contributed by atoms with E-state index in [-0.39, 0.29) is 29.8 Å². The Balaban J connectivity index is 1.69. The van der Waals surface area contributed by atoms with Gasteiger partial charge in [0, 0.05) is 46.2 Å². The summed E-state index contributed by atoms with van der Waals surface area (Å²) < 4.78 is 2.24. The number of carbonyl (C=O) groups is 3. The van der Waals surface area contributed by atoms with E-state index in [1.54, 1.807) is 0 Å². The van der Waals surface area contributed by atoms with Gasteiger partial charge in [0.05, 0.1) is 27.7 Å². The Bertz CT molecular complexity index is 1790. The Morgan fingerprint density at radius 1 is 1.00 bits per heavy atom. The monoisotopic (exact) mass is 466 g/mol. The molecule has 2 aliphatic heterocycles. The summed E-state index contributed by atoms with van der Waals surface area (Å²) in [4.78, 5) is 44.7. The zero-order chi connectivity index (χ0) is 24.2. The van der Waals surface area contributed by atoms with Crippen molar-refractivity contribution in [2.24, 2.45) is 0 Å². The van der Waals surface area contributed by atoms with E-state index in [4.69, 9.17) is 0 Å². The number of amides is 3. The number of carbonyl (C=O) groups excluding carboxylic acids is 3. The maximum Gasteiger partial charge on any atom is 0.281 e. The van der Waals surface area contributed by atoms with Crippen LogP contribution in [0.15, 0.2) is 42.5 Å². The summed E-state index contributed by atoms with van der Waals surface area (Å²) in [6.45, 7) is 4.91. The van der Waals surface area contributed by atoms with Gasteiger partial charge < -0.3 is 20.2 Å². The molecule has 7 rings (SSSR count). The van der Waals surface area contributed by atoms with Gasteiger partial charge in [0.1, 0.15) is 0 Å². The minimum absolute atomic E-state index is 0.0196. The molecule has 2 aliphatic rings. The number of quaternary nitrogens is 1. The van der Waals surface area contributed by atoms with Gasteiger partial charge in [-0.05, 0) is 25.5 Å². The van der Waals surface area contributed by atoms with E-state index in [9.17, 15) is 14.4 Å². The minimum atomic E-state index is -0.362. The molecule has 1 unspecified atom stereocenters. The fourth-order valence-electron chi connectivity index (χ4n) is 6.10. The zero-order valence-corrected chi connectivity index (χ0v) is 19.4. The number of para-hydroxylation sites is 2. The third-order valence-corrected chi connectivity index (χ3v) is 7.56. The number of imide groups is 1. The Morgan fingerprint density at radius 3 is 2.49 bits per heavy atom. The molecule has 0 aliphatic carbocycles. The van der Waals surface area contributed by atoms with Crippen LogP contribution < -0.4 is 11.1 Å². The van der Waals surface area contributed by atoms with Gasteiger partial charge in [0.15, 0.2) is 6.04 Å². The molecule has 0 saturated heterocycles. The molecule has 2 atom stereocenters. The number of aromatic amines is 1. The number of nitrogens with zero attached hydrogens (tertiary/aromatic N) is 2. The lowest BCUT2D eigenvalue weighted by molar-refractivity contribution is -0.400. The maximum absolute atomic E-state index is 13.2. The Morgan fingerprint density at radius 2 is 1.71 bits per heavy atom. The average molecular weight is 467 g/mol. The molecule has 0 bridgehead atoms. The van der Waals surface area contributed by atoms with Gasteiger partial charge in [-0.25, -0.2) is 0 Å². The second-order valence-electron chi connectivity index (χ2n) is 9.82. The lowest BCUT2D eigenvalue weighted by Crippen LogP contribution is -2.67. The van der Waals surface area contributed by atoms with Crippen molar-refractivity contribution in [3.63, 3.8) is 0 Å². The molecular weight excluding hydrogens is 442 g/mol. The van der Waals surface area contributed by atoms with Crippen LogP contribution >= 0.6 is 0 Å². The molecule has 174 valence electrons. The molecule has 3 amide bonds. The smallest absolute Gasteiger partial charge is 0.281 e. The number of fused-ring (bicyclic) bond motifs is 10. The zero-order valence-electron chi connectivity index (χ0n) is 19.4. The van der Waals surface area contributed by atoms with Gasteiger partial charge in [-0.15, -0.1) is 0 Å². The van der Waals surface area contributed by atoms with Crippen LogP contribution in [-0.2, 0) is 17.9 Å². The fraction of sp³-hybridized carbons (Fsp3) is 0.222. The Hall–Kier alpha value is -4.17. The molecule has 0 radical (unpaired) electrons. The van der Waals surface area contributed by atoms with Crippen molar-refractivity contribution in [2.75, 3.05) is 0 Å². The summed E-state index contributed by atoms with van der Waals surface area (Å²) in [5.41, 5.74) is 9.49. The highest BCUT2D eigenvalue weighted by molar-refractivity contribution is 6.39. The topological polar surface area (TPSA) is 115 Å². The van der Waals surface area contributed by atoms with E-state index < -0.39 is 0 Å². The lowest BCUT2D eigenvalue weighted by atomic mass is 9.96. The van der Waals surface area contributed by atoms with Gasteiger partial charge in [0.2, 0.25) is 0 Å². The van der Waals surface area contributed by atoms with E-state index in [0.717, 1.165) is 49.2 Å². The highest BCUT2D eigenvalue weighted by atomic mass is 16.2. The Labute approximate surface area is 199 Å². The molecule has 0 spiro atoms. The first-order valence-corrected chi connectivity index (χ1v) is 11.9. The van der Waals surface area contributed by atoms with Crippen LogP contribution in [0.4, 0.5) is 0 Å². The number of nitrogens with one attached hydrogen (secondary N) is 2. The summed E-state index contributed by atoms with van der Waals surface area (Å²) in [6.07, 6.45) is 0. The van der Waals surface area contributed by atoms with E-state index >= 15 is 0 Å². The summed E-state index contributed by atoms with van der Waals surface area (Å²) in [5, 5.41) is 5.92. The molecule has 35 heavy (non-hydrogen) atoms. The lowest BCUT2D eigenvalue weighted by Gasteiger charge is -2.28. The first-order valence-electron chi connectivity index (χ1n) is 11.9. The fourth-order valence-corrected chi connectivity index (χ4v) is 6.10. The first-order chi connectivity index (χ1) is 16.9. The van der Waals surface area contributed by atoms with Crippen LogP contribution in [0, 0.1) is 0 Å².